The van der Waals surface area contributed by atoms with Crippen molar-refractivity contribution in [1.82, 2.24) is 15.1 Å². The van der Waals surface area contributed by atoms with Crippen LogP contribution in [0.2, 0.25) is 0 Å². The number of rotatable bonds is 5. The molecule has 0 bridgehead atoms. The minimum atomic E-state index is -0.0986. The molecule has 1 atom stereocenters. The molecule has 1 heterocycles. The number of aromatic nitrogens is 2. The molecular weight excluding hydrogens is 300 g/mol. The van der Waals surface area contributed by atoms with E-state index in [1.807, 2.05) is 13.1 Å². The van der Waals surface area contributed by atoms with Gasteiger partial charge in [-0.3, -0.25) is 9.48 Å². The maximum absolute atomic E-state index is 12.4. The standard InChI is InChI=1S/C16H28N4O.ClH/c1-11(2)15-9-13(19-20(15)3)16(21)18-14(10-17)12-7-5-4-6-8-12;/h9,11-12,14H,4-8,10,17H2,1-3H3,(H,18,21);1H. The summed E-state index contributed by atoms with van der Waals surface area (Å²) in [7, 11) is 1.88. The van der Waals surface area contributed by atoms with Gasteiger partial charge < -0.3 is 11.1 Å². The van der Waals surface area contributed by atoms with Crippen LogP contribution in [-0.2, 0) is 7.05 Å². The summed E-state index contributed by atoms with van der Waals surface area (Å²) in [5.41, 5.74) is 7.44. The molecule has 1 amide bonds. The van der Waals surface area contributed by atoms with Crippen molar-refractivity contribution in [2.45, 2.75) is 57.9 Å². The number of carbonyl (C=O) groups is 1. The van der Waals surface area contributed by atoms with Gasteiger partial charge in [0.25, 0.3) is 5.91 Å². The summed E-state index contributed by atoms with van der Waals surface area (Å²) in [4.78, 5) is 12.4. The third kappa shape index (κ3) is 4.46. The molecular formula is C16H29ClN4O. The fourth-order valence-corrected chi connectivity index (χ4v) is 3.28. The van der Waals surface area contributed by atoms with Crippen LogP contribution < -0.4 is 11.1 Å². The fraction of sp³-hybridized carbons (Fsp3) is 0.750. The zero-order valence-electron chi connectivity index (χ0n) is 13.8. The van der Waals surface area contributed by atoms with Crippen LogP contribution in [0.4, 0.5) is 0 Å². The van der Waals surface area contributed by atoms with Crippen molar-refractivity contribution in [3.05, 3.63) is 17.5 Å². The Hall–Kier alpha value is -1.07. The van der Waals surface area contributed by atoms with Crippen LogP contribution in [0.15, 0.2) is 6.07 Å². The van der Waals surface area contributed by atoms with E-state index in [9.17, 15) is 4.79 Å². The lowest BCUT2D eigenvalue weighted by atomic mass is 9.84. The van der Waals surface area contributed by atoms with Gasteiger partial charge in [0.1, 0.15) is 5.69 Å². The van der Waals surface area contributed by atoms with Crippen LogP contribution in [-0.4, -0.2) is 28.3 Å². The second-order valence-electron chi connectivity index (χ2n) is 6.45. The Balaban J connectivity index is 0.00000242. The Bertz CT molecular complexity index is 480. The number of hydrogen-bond donors (Lipinski definition) is 2. The van der Waals surface area contributed by atoms with E-state index in [0.717, 1.165) is 5.69 Å². The lowest BCUT2D eigenvalue weighted by Gasteiger charge is -2.29. The number of hydrogen-bond acceptors (Lipinski definition) is 3. The van der Waals surface area contributed by atoms with Gasteiger partial charge in [0, 0.05) is 25.3 Å². The highest BCUT2D eigenvalue weighted by atomic mass is 35.5. The Labute approximate surface area is 139 Å². The molecule has 0 aliphatic heterocycles. The summed E-state index contributed by atoms with van der Waals surface area (Å²) in [5, 5.41) is 7.42. The van der Waals surface area contributed by atoms with Crippen molar-refractivity contribution in [3.63, 3.8) is 0 Å². The number of amides is 1. The number of carbonyl (C=O) groups excluding carboxylic acids is 1. The lowest BCUT2D eigenvalue weighted by Crippen LogP contribution is -2.46. The first-order valence-corrected chi connectivity index (χ1v) is 8.07. The van der Waals surface area contributed by atoms with Gasteiger partial charge in [-0.15, -0.1) is 12.4 Å². The van der Waals surface area contributed by atoms with Crippen molar-refractivity contribution in [1.29, 1.82) is 0 Å². The summed E-state index contributed by atoms with van der Waals surface area (Å²) < 4.78 is 1.79. The van der Waals surface area contributed by atoms with Gasteiger partial charge in [0.2, 0.25) is 0 Å². The first kappa shape index (κ1) is 19.0. The summed E-state index contributed by atoms with van der Waals surface area (Å²) in [6.07, 6.45) is 6.14. The monoisotopic (exact) mass is 328 g/mol. The van der Waals surface area contributed by atoms with Gasteiger partial charge in [-0.25, -0.2) is 0 Å². The molecule has 126 valence electrons. The molecule has 1 fully saturated rings. The van der Waals surface area contributed by atoms with Gasteiger partial charge in [-0.05, 0) is 30.7 Å². The van der Waals surface area contributed by atoms with Crippen LogP contribution >= 0.6 is 12.4 Å². The van der Waals surface area contributed by atoms with Crippen molar-refractivity contribution < 1.29 is 4.79 Å². The van der Waals surface area contributed by atoms with Gasteiger partial charge in [0.15, 0.2) is 0 Å². The second kappa shape index (κ2) is 8.53. The van der Waals surface area contributed by atoms with Gasteiger partial charge in [-0.2, -0.15) is 5.10 Å². The topological polar surface area (TPSA) is 72.9 Å². The Kier molecular flexibility index (Phi) is 7.36. The van der Waals surface area contributed by atoms with E-state index in [1.54, 1.807) is 4.68 Å². The smallest absolute Gasteiger partial charge is 0.272 e. The first-order chi connectivity index (χ1) is 10.0. The van der Waals surface area contributed by atoms with Crippen LogP contribution in [0, 0.1) is 5.92 Å². The van der Waals surface area contributed by atoms with E-state index in [1.165, 1.54) is 32.1 Å². The normalized spacial score (nSPS) is 17.1. The number of aryl methyl sites for hydroxylation is 1. The average Bonchev–Trinajstić information content (AvgIpc) is 2.87. The highest BCUT2D eigenvalue weighted by Crippen LogP contribution is 2.26. The molecule has 0 radical (unpaired) electrons. The zero-order chi connectivity index (χ0) is 15.4. The van der Waals surface area contributed by atoms with Crippen molar-refractivity contribution in [2.24, 2.45) is 18.7 Å². The molecule has 1 aliphatic rings. The first-order valence-electron chi connectivity index (χ1n) is 8.07. The average molecular weight is 329 g/mol. The molecule has 6 heteroatoms. The molecule has 0 aromatic carbocycles. The third-order valence-electron chi connectivity index (χ3n) is 4.53. The van der Waals surface area contributed by atoms with Crippen LogP contribution in [0.1, 0.15) is 68.1 Å². The predicted molar refractivity (Wildman–Crippen MR) is 91.4 cm³/mol. The Morgan fingerprint density at radius 2 is 2.05 bits per heavy atom. The molecule has 2 rings (SSSR count). The van der Waals surface area contributed by atoms with Crippen molar-refractivity contribution >= 4 is 18.3 Å². The Morgan fingerprint density at radius 3 is 2.55 bits per heavy atom. The number of halogens is 1. The zero-order valence-corrected chi connectivity index (χ0v) is 14.7. The minimum Gasteiger partial charge on any atom is -0.346 e. The van der Waals surface area contributed by atoms with Crippen molar-refractivity contribution in [2.75, 3.05) is 6.54 Å². The van der Waals surface area contributed by atoms with E-state index in [-0.39, 0.29) is 24.4 Å². The molecule has 0 saturated heterocycles. The van der Waals surface area contributed by atoms with E-state index in [2.05, 4.69) is 24.3 Å². The molecule has 22 heavy (non-hydrogen) atoms. The van der Waals surface area contributed by atoms with Gasteiger partial charge in [-0.1, -0.05) is 33.1 Å². The van der Waals surface area contributed by atoms with E-state index in [4.69, 9.17) is 5.73 Å². The van der Waals surface area contributed by atoms with E-state index in [0.29, 0.717) is 24.1 Å². The number of nitrogens with one attached hydrogen (secondary N) is 1. The number of nitrogens with zero attached hydrogens (tertiary/aromatic N) is 2. The fourth-order valence-electron chi connectivity index (χ4n) is 3.28. The SMILES string of the molecule is CC(C)c1cc(C(=O)NC(CN)C2CCCCC2)nn1C.Cl. The second-order valence-corrected chi connectivity index (χ2v) is 6.45. The highest BCUT2D eigenvalue weighted by Gasteiger charge is 2.25. The summed E-state index contributed by atoms with van der Waals surface area (Å²) in [5.74, 6) is 0.771. The van der Waals surface area contributed by atoms with E-state index >= 15 is 0 Å². The summed E-state index contributed by atoms with van der Waals surface area (Å²) >= 11 is 0. The molecule has 1 aromatic rings. The summed E-state index contributed by atoms with van der Waals surface area (Å²) in [6, 6.07) is 1.95. The van der Waals surface area contributed by atoms with Crippen molar-refractivity contribution in [3.8, 4) is 0 Å². The number of nitrogens with two attached hydrogens (primary N) is 1. The maximum Gasteiger partial charge on any atom is 0.272 e. The van der Waals surface area contributed by atoms with Crippen LogP contribution in [0.25, 0.3) is 0 Å². The summed E-state index contributed by atoms with van der Waals surface area (Å²) in [6.45, 7) is 4.70. The molecule has 1 aliphatic carbocycles. The van der Waals surface area contributed by atoms with Crippen LogP contribution in [0.3, 0.4) is 0 Å². The maximum atomic E-state index is 12.4. The van der Waals surface area contributed by atoms with Crippen LogP contribution in [0.5, 0.6) is 0 Å². The van der Waals surface area contributed by atoms with Gasteiger partial charge in [0.05, 0.1) is 0 Å². The quantitative estimate of drug-likeness (QED) is 0.872. The predicted octanol–water partition coefficient (Wildman–Crippen LogP) is 2.60. The molecule has 5 nitrogen and oxygen atoms in total. The molecule has 1 unspecified atom stereocenters. The minimum absolute atomic E-state index is 0. The molecule has 3 N–H and O–H groups in total. The lowest BCUT2D eigenvalue weighted by molar-refractivity contribution is 0.0909. The Morgan fingerprint density at radius 1 is 1.41 bits per heavy atom. The molecule has 1 aromatic heterocycles. The van der Waals surface area contributed by atoms with Gasteiger partial charge >= 0.3 is 0 Å². The molecule has 0 spiro atoms. The molecule has 1 saturated carbocycles. The highest BCUT2D eigenvalue weighted by molar-refractivity contribution is 5.92. The van der Waals surface area contributed by atoms with E-state index < -0.39 is 0 Å². The third-order valence-corrected chi connectivity index (χ3v) is 4.53. The largest absolute Gasteiger partial charge is 0.346 e.